The number of hydrogen-bond donors (Lipinski definition) is 1. The summed E-state index contributed by atoms with van der Waals surface area (Å²) >= 11 is 0. The van der Waals surface area contributed by atoms with Crippen LogP contribution in [0.4, 0.5) is 0 Å². The van der Waals surface area contributed by atoms with Gasteiger partial charge in [-0.05, 0) is 64.7 Å². The Labute approximate surface area is 258 Å². The molecular formula is C34H62O7S. The molecule has 0 aromatic rings. The normalized spacial score (nSPS) is 12.7. The molecule has 0 aromatic carbocycles. The molecule has 42 heavy (non-hydrogen) atoms. The van der Waals surface area contributed by atoms with Gasteiger partial charge in [0.25, 0.3) is 10.1 Å². The highest BCUT2D eigenvalue weighted by molar-refractivity contribution is 7.85. The van der Waals surface area contributed by atoms with Gasteiger partial charge in [0.05, 0.1) is 6.10 Å². The lowest BCUT2D eigenvalue weighted by Gasteiger charge is -2.13. The minimum Gasteiger partial charge on any atom is -0.463 e. The van der Waals surface area contributed by atoms with Crippen molar-refractivity contribution in [3.8, 4) is 0 Å². The molecule has 0 amide bonds. The topological polar surface area (TPSA) is 107 Å². The van der Waals surface area contributed by atoms with E-state index in [1.165, 1.54) is 102 Å². The van der Waals surface area contributed by atoms with Crippen LogP contribution in [0.5, 0.6) is 0 Å². The van der Waals surface area contributed by atoms with E-state index in [2.05, 4.69) is 19.1 Å². The summed E-state index contributed by atoms with van der Waals surface area (Å²) in [7, 11) is -4.12. The summed E-state index contributed by atoms with van der Waals surface area (Å²) in [5, 5.41) is 0. The summed E-state index contributed by atoms with van der Waals surface area (Å²) in [6.07, 6.45) is 34.3. The number of esters is 2. The first-order valence-electron chi connectivity index (χ1n) is 16.9. The fraction of sp³-hybridized carbons (Fsp3) is 0.824. The molecule has 0 aliphatic rings. The van der Waals surface area contributed by atoms with Crippen LogP contribution in [0.1, 0.15) is 162 Å². The molecule has 1 N–H and O–H groups in total. The molecule has 0 rings (SSSR count). The summed E-state index contributed by atoms with van der Waals surface area (Å²) in [6.45, 7) is 3.83. The molecular weight excluding hydrogens is 552 g/mol. The zero-order valence-electron chi connectivity index (χ0n) is 26.9. The molecule has 0 bridgehead atoms. The van der Waals surface area contributed by atoms with Gasteiger partial charge in [-0.1, -0.05) is 109 Å². The van der Waals surface area contributed by atoms with Crippen LogP contribution in [0.3, 0.4) is 0 Å². The molecule has 0 radical (unpaired) electrons. The van der Waals surface area contributed by atoms with Gasteiger partial charge in [-0.25, -0.2) is 4.79 Å². The van der Waals surface area contributed by atoms with E-state index in [0.29, 0.717) is 12.8 Å². The Hall–Kier alpha value is -1.67. The van der Waals surface area contributed by atoms with Crippen LogP contribution >= 0.6 is 0 Å². The third-order valence-electron chi connectivity index (χ3n) is 7.30. The molecule has 0 heterocycles. The van der Waals surface area contributed by atoms with Crippen molar-refractivity contribution in [2.24, 2.45) is 0 Å². The number of carbonyl (C=O) groups is 2. The molecule has 0 saturated heterocycles. The van der Waals surface area contributed by atoms with E-state index in [1.807, 2.05) is 6.92 Å². The zero-order valence-corrected chi connectivity index (χ0v) is 27.7. The lowest BCUT2D eigenvalue weighted by Crippen LogP contribution is -2.14. The van der Waals surface area contributed by atoms with Gasteiger partial charge in [0.2, 0.25) is 0 Å². The molecule has 8 heteroatoms. The minimum atomic E-state index is -4.12. The van der Waals surface area contributed by atoms with E-state index in [-0.39, 0.29) is 18.7 Å². The van der Waals surface area contributed by atoms with Crippen molar-refractivity contribution in [3.05, 3.63) is 24.3 Å². The van der Waals surface area contributed by atoms with Crippen molar-refractivity contribution in [1.82, 2.24) is 0 Å². The van der Waals surface area contributed by atoms with Crippen LogP contribution in [0.2, 0.25) is 0 Å². The molecule has 1 unspecified atom stereocenters. The summed E-state index contributed by atoms with van der Waals surface area (Å²) in [5.41, 5.74) is 0. The third-order valence-corrected chi connectivity index (χ3v) is 7.98. The van der Waals surface area contributed by atoms with Gasteiger partial charge in [-0.15, -0.1) is 0 Å². The highest BCUT2D eigenvalue weighted by Crippen LogP contribution is 2.14. The molecule has 0 aliphatic heterocycles. The maximum absolute atomic E-state index is 12.1. The lowest BCUT2D eigenvalue weighted by atomic mass is 10.0. The van der Waals surface area contributed by atoms with Crippen molar-refractivity contribution < 1.29 is 32.0 Å². The van der Waals surface area contributed by atoms with Crippen molar-refractivity contribution in [2.75, 3.05) is 12.4 Å². The fourth-order valence-corrected chi connectivity index (χ4v) is 5.03. The molecule has 7 nitrogen and oxygen atoms in total. The maximum atomic E-state index is 12.1. The first-order valence-corrected chi connectivity index (χ1v) is 18.5. The van der Waals surface area contributed by atoms with Gasteiger partial charge >= 0.3 is 11.9 Å². The van der Waals surface area contributed by atoms with Gasteiger partial charge in [-0.3, -0.25) is 9.35 Å². The van der Waals surface area contributed by atoms with E-state index in [1.54, 1.807) is 6.08 Å². The van der Waals surface area contributed by atoms with Gasteiger partial charge in [0.15, 0.2) is 0 Å². The largest absolute Gasteiger partial charge is 0.463 e. The highest BCUT2D eigenvalue weighted by Gasteiger charge is 2.09. The Kier molecular flexibility index (Phi) is 28.2. The van der Waals surface area contributed by atoms with Crippen LogP contribution < -0.4 is 0 Å². The number of rotatable bonds is 30. The zero-order chi connectivity index (χ0) is 31.2. The average molecular weight is 615 g/mol. The molecule has 0 saturated carbocycles. The SMILES string of the molecule is CCCCCC/C=C\CCCCCCCCCCCCCC(=O)OC(C)CCCCC/C=C\C(=O)OCCS(=O)(=O)O. The summed E-state index contributed by atoms with van der Waals surface area (Å²) in [5.74, 6) is -1.32. The van der Waals surface area contributed by atoms with E-state index < -0.39 is 21.8 Å². The molecule has 0 aliphatic carbocycles. The van der Waals surface area contributed by atoms with Crippen LogP contribution in [-0.2, 0) is 29.2 Å². The summed E-state index contributed by atoms with van der Waals surface area (Å²) < 4.78 is 39.9. The Morgan fingerprint density at radius 3 is 1.71 bits per heavy atom. The number of carbonyl (C=O) groups excluding carboxylic acids is 2. The molecule has 246 valence electrons. The quantitative estimate of drug-likeness (QED) is 0.0282. The van der Waals surface area contributed by atoms with Crippen molar-refractivity contribution >= 4 is 22.1 Å². The second-order valence-corrected chi connectivity index (χ2v) is 13.1. The van der Waals surface area contributed by atoms with Crippen molar-refractivity contribution in [2.45, 2.75) is 168 Å². The van der Waals surface area contributed by atoms with Crippen LogP contribution in [0, 0.1) is 0 Å². The van der Waals surface area contributed by atoms with Crippen molar-refractivity contribution in [3.63, 3.8) is 0 Å². The fourth-order valence-electron chi connectivity index (χ4n) is 4.74. The number of allylic oxidation sites excluding steroid dienone is 3. The predicted octanol–water partition coefficient (Wildman–Crippen LogP) is 9.45. The Bertz CT molecular complexity index is 805. The van der Waals surface area contributed by atoms with E-state index in [9.17, 15) is 18.0 Å². The minimum absolute atomic E-state index is 0.0809. The molecule has 0 spiro atoms. The van der Waals surface area contributed by atoms with E-state index in [4.69, 9.17) is 14.0 Å². The maximum Gasteiger partial charge on any atom is 0.330 e. The first kappa shape index (κ1) is 40.3. The van der Waals surface area contributed by atoms with Crippen LogP contribution in [-0.4, -0.2) is 43.4 Å². The van der Waals surface area contributed by atoms with Gasteiger partial charge in [-0.2, -0.15) is 8.42 Å². The third kappa shape index (κ3) is 32.8. The molecule has 0 aromatic heterocycles. The average Bonchev–Trinajstić information content (AvgIpc) is 2.93. The number of unbranched alkanes of at least 4 members (excludes halogenated alkanes) is 18. The van der Waals surface area contributed by atoms with E-state index in [0.717, 1.165) is 38.5 Å². The lowest BCUT2D eigenvalue weighted by molar-refractivity contribution is -0.148. The van der Waals surface area contributed by atoms with Gasteiger partial charge < -0.3 is 9.47 Å². The van der Waals surface area contributed by atoms with Gasteiger partial charge in [0, 0.05) is 12.5 Å². The Morgan fingerprint density at radius 2 is 1.17 bits per heavy atom. The van der Waals surface area contributed by atoms with Gasteiger partial charge in [0.1, 0.15) is 12.4 Å². The molecule has 1 atom stereocenters. The monoisotopic (exact) mass is 614 g/mol. The first-order chi connectivity index (χ1) is 20.2. The molecule has 0 fully saturated rings. The highest BCUT2D eigenvalue weighted by atomic mass is 32.2. The van der Waals surface area contributed by atoms with Crippen LogP contribution in [0.15, 0.2) is 24.3 Å². The Morgan fingerprint density at radius 1 is 0.690 bits per heavy atom. The number of hydrogen-bond acceptors (Lipinski definition) is 6. The Balaban J connectivity index is 3.44. The van der Waals surface area contributed by atoms with Crippen molar-refractivity contribution in [1.29, 1.82) is 0 Å². The second kappa shape index (κ2) is 29.4. The second-order valence-electron chi connectivity index (χ2n) is 11.5. The summed E-state index contributed by atoms with van der Waals surface area (Å²) in [4.78, 5) is 23.5. The standard InChI is InChI=1S/C34H62O7S/c1-3-4-5-6-7-8-9-10-11-12-13-14-15-16-17-18-19-22-26-29-34(36)41-32(2)27-24-21-20-23-25-28-33(35)40-30-31-42(37,38)39/h8-9,25,28,32H,3-7,10-24,26-27,29-31H2,1-2H3,(H,37,38,39)/b9-8-,28-25-. The predicted molar refractivity (Wildman–Crippen MR) is 173 cm³/mol. The van der Waals surface area contributed by atoms with E-state index >= 15 is 0 Å². The number of ether oxygens (including phenoxy) is 2. The van der Waals surface area contributed by atoms with Crippen LogP contribution in [0.25, 0.3) is 0 Å². The smallest absolute Gasteiger partial charge is 0.330 e. The summed E-state index contributed by atoms with van der Waals surface area (Å²) in [6, 6.07) is 0.